The van der Waals surface area contributed by atoms with E-state index in [4.69, 9.17) is 14.2 Å². The molecule has 3 aromatic rings. The average molecular weight is 489 g/mol. The van der Waals surface area contributed by atoms with Crippen LogP contribution in [0.1, 0.15) is 65.7 Å². The highest BCUT2D eigenvalue weighted by molar-refractivity contribution is 5.68. The van der Waals surface area contributed by atoms with E-state index in [2.05, 4.69) is 10.2 Å². The van der Waals surface area contributed by atoms with Crippen molar-refractivity contribution in [3.63, 3.8) is 0 Å². The first-order chi connectivity index (χ1) is 16.7. The molecular weight excluding hydrogens is 467 g/mol. The Kier molecular flexibility index (Phi) is 5.66. The van der Waals surface area contributed by atoms with Gasteiger partial charge >= 0.3 is 12.1 Å². The normalized spacial score (nSPS) is 19.5. The van der Waals surface area contributed by atoms with Gasteiger partial charge in [0, 0.05) is 11.1 Å². The molecule has 5 rings (SSSR count). The summed E-state index contributed by atoms with van der Waals surface area (Å²) in [6.07, 6.45) is -5.73. The number of carbonyl (C=O) groups is 1. The fourth-order valence-corrected chi connectivity index (χ4v) is 4.54. The number of methoxy groups -OCH3 is 2. The van der Waals surface area contributed by atoms with Crippen LogP contribution in [-0.2, 0) is 15.7 Å². The molecule has 2 aliphatic rings. The van der Waals surface area contributed by atoms with E-state index in [0.29, 0.717) is 28.5 Å². The molecule has 11 heteroatoms. The topological polar surface area (TPSA) is 95.7 Å². The molecule has 0 amide bonds. The summed E-state index contributed by atoms with van der Waals surface area (Å²) < 4.78 is 60.0. The molecule has 1 aliphatic carbocycles. The first kappa shape index (κ1) is 23.2. The molecular formula is C24H22F3N3O5. The lowest BCUT2D eigenvalue weighted by atomic mass is 9.95. The van der Waals surface area contributed by atoms with Crippen LogP contribution in [0.4, 0.5) is 13.2 Å². The van der Waals surface area contributed by atoms with E-state index in [9.17, 15) is 23.1 Å². The first-order valence-corrected chi connectivity index (χ1v) is 11.0. The Labute approximate surface area is 198 Å². The lowest BCUT2D eigenvalue weighted by Crippen LogP contribution is -2.17. The number of alkyl halides is 3. The van der Waals surface area contributed by atoms with Crippen molar-refractivity contribution in [2.45, 2.75) is 43.6 Å². The minimum atomic E-state index is -4.82. The van der Waals surface area contributed by atoms with E-state index in [1.165, 1.54) is 14.2 Å². The highest BCUT2D eigenvalue weighted by Crippen LogP contribution is 2.49. The van der Waals surface area contributed by atoms with Crippen molar-refractivity contribution in [2.24, 2.45) is 0 Å². The van der Waals surface area contributed by atoms with Crippen LogP contribution in [0.3, 0.4) is 0 Å². The van der Waals surface area contributed by atoms with Gasteiger partial charge in [0.1, 0.15) is 12.2 Å². The second kappa shape index (κ2) is 8.56. The molecule has 35 heavy (non-hydrogen) atoms. The molecule has 8 nitrogen and oxygen atoms in total. The molecule has 184 valence electrons. The van der Waals surface area contributed by atoms with Crippen molar-refractivity contribution in [1.29, 1.82) is 0 Å². The van der Waals surface area contributed by atoms with Gasteiger partial charge < -0.3 is 19.3 Å². The fourth-order valence-electron chi connectivity index (χ4n) is 4.54. The summed E-state index contributed by atoms with van der Waals surface area (Å²) in [6.45, 7) is 0. The number of ether oxygens (including phenoxy) is 3. The highest BCUT2D eigenvalue weighted by atomic mass is 19.4. The van der Waals surface area contributed by atoms with Gasteiger partial charge in [0.2, 0.25) is 5.82 Å². The molecule has 1 aliphatic heterocycles. The van der Waals surface area contributed by atoms with Crippen LogP contribution in [0.15, 0.2) is 36.4 Å². The first-order valence-electron chi connectivity index (χ1n) is 11.0. The smallest absolute Gasteiger partial charge is 0.452 e. The number of carboxylic acids is 1. The SMILES string of the molecule is COc1cccc([C@H]2O[C@H](CC(=O)O)c3nnc(C(F)(F)F)n3-c3ccc(C4CC4)cc32)c1OC. The Morgan fingerprint density at radius 1 is 1.14 bits per heavy atom. The number of aliphatic carboxylic acids is 1. The standard InChI is InChI=1S/C24H22F3N3O5/c1-33-17-5-3-4-14(21(17)34-2)20-15-10-13(12-6-7-12)8-9-16(15)30-22(18(35-20)11-19(31)32)28-29-23(30)24(25,26)27/h3-5,8-10,12,18,20H,6-7,11H2,1-2H3,(H,31,32)/t18-,20-/m1/s1. The van der Waals surface area contributed by atoms with Crippen LogP contribution < -0.4 is 9.47 Å². The van der Waals surface area contributed by atoms with Crippen LogP contribution in [0.5, 0.6) is 11.5 Å². The van der Waals surface area contributed by atoms with Gasteiger partial charge in [-0.2, -0.15) is 13.2 Å². The maximum absolute atomic E-state index is 14.0. The quantitative estimate of drug-likeness (QED) is 0.531. The highest BCUT2D eigenvalue weighted by Gasteiger charge is 2.44. The number of benzene rings is 2. The van der Waals surface area contributed by atoms with Crippen molar-refractivity contribution < 1.29 is 37.3 Å². The van der Waals surface area contributed by atoms with Gasteiger partial charge in [-0.25, -0.2) is 0 Å². The third kappa shape index (κ3) is 4.09. The molecule has 0 saturated heterocycles. The number of rotatable bonds is 6. The summed E-state index contributed by atoms with van der Waals surface area (Å²) in [6, 6.07) is 10.3. The van der Waals surface area contributed by atoms with E-state index >= 15 is 0 Å². The van der Waals surface area contributed by atoms with Crippen LogP contribution in [0.25, 0.3) is 5.69 Å². The maximum Gasteiger partial charge on any atom is 0.452 e. The summed E-state index contributed by atoms with van der Waals surface area (Å²) in [5, 5.41) is 16.6. The predicted octanol–water partition coefficient (Wildman–Crippen LogP) is 4.82. The van der Waals surface area contributed by atoms with Crippen molar-refractivity contribution in [2.75, 3.05) is 14.2 Å². The zero-order valence-electron chi connectivity index (χ0n) is 18.9. The Balaban J connectivity index is 1.80. The summed E-state index contributed by atoms with van der Waals surface area (Å²) in [5.41, 5.74) is 2.06. The number of hydrogen-bond donors (Lipinski definition) is 1. The Bertz CT molecular complexity index is 1290. The van der Waals surface area contributed by atoms with E-state index in [1.807, 2.05) is 6.07 Å². The molecule has 0 unspecified atom stereocenters. The number of hydrogen-bond acceptors (Lipinski definition) is 6. The summed E-state index contributed by atoms with van der Waals surface area (Å²) in [4.78, 5) is 11.7. The second-order valence-electron chi connectivity index (χ2n) is 8.49. The van der Waals surface area contributed by atoms with Gasteiger partial charge in [-0.05, 0) is 36.5 Å². The van der Waals surface area contributed by atoms with E-state index in [0.717, 1.165) is 23.0 Å². The van der Waals surface area contributed by atoms with Gasteiger partial charge in [-0.3, -0.25) is 9.36 Å². The lowest BCUT2D eigenvalue weighted by molar-refractivity contribution is -0.146. The Morgan fingerprint density at radius 2 is 1.91 bits per heavy atom. The van der Waals surface area contributed by atoms with Crippen LogP contribution in [-0.4, -0.2) is 40.1 Å². The second-order valence-corrected chi connectivity index (χ2v) is 8.49. The summed E-state index contributed by atoms with van der Waals surface area (Å²) >= 11 is 0. The van der Waals surface area contributed by atoms with Gasteiger partial charge in [0.25, 0.3) is 0 Å². The van der Waals surface area contributed by atoms with Gasteiger partial charge in [-0.1, -0.05) is 24.3 Å². The number of fused-ring (bicyclic) bond motifs is 3. The zero-order valence-corrected chi connectivity index (χ0v) is 18.9. The van der Waals surface area contributed by atoms with Crippen molar-refractivity contribution in [1.82, 2.24) is 14.8 Å². The van der Waals surface area contributed by atoms with Crippen molar-refractivity contribution >= 4 is 5.97 Å². The molecule has 0 bridgehead atoms. The van der Waals surface area contributed by atoms with E-state index in [-0.39, 0.29) is 11.5 Å². The van der Waals surface area contributed by atoms with Crippen LogP contribution >= 0.6 is 0 Å². The Morgan fingerprint density at radius 3 is 2.54 bits per heavy atom. The number of aromatic nitrogens is 3. The number of carboxylic acid groups (broad SMARTS) is 1. The minimum Gasteiger partial charge on any atom is -0.493 e. The molecule has 0 radical (unpaired) electrons. The number of para-hydroxylation sites is 1. The molecule has 1 saturated carbocycles. The maximum atomic E-state index is 14.0. The summed E-state index contributed by atoms with van der Waals surface area (Å²) in [5.74, 6) is -1.67. The largest absolute Gasteiger partial charge is 0.493 e. The third-order valence-electron chi connectivity index (χ3n) is 6.23. The van der Waals surface area contributed by atoms with Gasteiger partial charge in [0.05, 0.1) is 26.3 Å². The molecule has 2 atom stereocenters. The van der Waals surface area contributed by atoms with Gasteiger partial charge in [0.15, 0.2) is 17.3 Å². The third-order valence-corrected chi connectivity index (χ3v) is 6.23. The van der Waals surface area contributed by atoms with Crippen LogP contribution in [0, 0.1) is 0 Å². The van der Waals surface area contributed by atoms with Gasteiger partial charge in [-0.15, -0.1) is 10.2 Å². The van der Waals surface area contributed by atoms with E-state index < -0.39 is 36.6 Å². The van der Waals surface area contributed by atoms with Crippen molar-refractivity contribution in [3.05, 3.63) is 64.7 Å². The lowest BCUT2D eigenvalue weighted by Gasteiger charge is -2.24. The van der Waals surface area contributed by atoms with Crippen molar-refractivity contribution in [3.8, 4) is 17.2 Å². The molecule has 0 spiro atoms. The molecule has 2 heterocycles. The minimum absolute atomic E-state index is 0.171. The summed E-state index contributed by atoms with van der Waals surface area (Å²) in [7, 11) is 2.92. The predicted molar refractivity (Wildman–Crippen MR) is 116 cm³/mol. The van der Waals surface area contributed by atoms with E-state index in [1.54, 1.807) is 30.3 Å². The fraction of sp³-hybridized carbons (Fsp3) is 0.375. The molecule has 2 aromatic carbocycles. The molecule has 1 N–H and O–H groups in total. The molecule has 1 fully saturated rings. The Hall–Kier alpha value is -3.60. The average Bonchev–Trinajstić information content (AvgIpc) is 3.59. The molecule has 1 aromatic heterocycles. The number of nitrogens with zero attached hydrogens (tertiary/aromatic N) is 3. The van der Waals surface area contributed by atoms with Crippen LogP contribution in [0.2, 0.25) is 0 Å². The number of halogens is 3. The monoisotopic (exact) mass is 489 g/mol. The zero-order chi connectivity index (χ0) is 24.9.